The number of para-hydroxylation sites is 1. The molecule has 0 saturated carbocycles. The van der Waals surface area contributed by atoms with Gasteiger partial charge in [-0.05, 0) is 47.5 Å². The summed E-state index contributed by atoms with van der Waals surface area (Å²) in [4.78, 5) is 5.94. The number of halogens is 1. The summed E-state index contributed by atoms with van der Waals surface area (Å²) >= 11 is 6.82. The van der Waals surface area contributed by atoms with E-state index in [-0.39, 0.29) is 12.1 Å². The molecule has 2 aromatic carbocycles. The van der Waals surface area contributed by atoms with E-state index in [1.807, 2.05) is 29.1 Å². The molecule has 2 aliphatic heterocycles. The number of nitrogens with zero attached hydrogens (tertiary/aromatic N) is 3. The molecule has 2 aromatic heterocycles. The lowest BCUT2D eigenvalue weighted by atomic mass is 9.87. The average Bonchev–Trinajstić information content (AvgIpc) is 3.47. The zero-order valence-electron chi connectivity index (χ0n) is 16.4. The van der Waals surface area contributed by atoms with Gasteiger partial charge in [0.1, 0.15) is 17.9 Å². The molecule has 154 valence electrons. The van der Waals surface area contributed by atoms with Crippen molar-refractivity contribution < 1.29 is 4.74 Å². The summed E-state index contributed by atoms with van der Waals surface area (Å²) in [5, 5.41) is 11.3. The van der Waals surface area contributed by atoms with E-state index in [9.17, 15) is 0 Å². The first-order valence-corrected chi connectivity index (χ1v) is 12.7. The third-order valence-corrected chi connectivity index (χ3v) is 7.52. The molecule has 0 unspecified atom stereocenters. The van der Waals surface area contributed by atoms with Gasteiger partial charge in [0.05, 0.1) is 5.70 Å². The summed E-state index contributed by atoms with van der Waals surface area (Å²) in [6.07, 6.45) is 1.76. The number of anilines is 1. The monoisotopic (exact) mass is 508 g/mol. The van der Waals surface area contributed by atoms with Crippen LogP contribution in [-0.4, -0.2) is 21.0 Å². The molecule has 0 amide bonds. The first-order chi connectivity index (χ1) is 15.2. The lowest BCUT2D eigenvalue weighted by Gasteiger charge is -2.38. The van der Waals surface area contributed by atoms with Crippen LogP contribution in [0.2, 0.25) is 0 Å². The lowest BCUT2D eigenvalue weighted by Crippen LogP contribution is -2.32. The van der Waals surface area contributed by atoms with Crippen molar-refractivity contribution in [2.45, 2.75) is 17.3 Å². The third-order valence-electron chi connectivity index (χ3n) is 5.53. The fourth-order valence-corrected chi connectivity index (χ4v) is 5.62. The van der Waals surface area contributed by atoms with Gasteiger partial charge in [-0.15, -0.1) is 16.4 Å². The van der Waals surface area contributed by atoms with Crippen molar-refractivity contribution in [3.8, 4) is 5.75 Å². The lowest BCUT2D eigenvalue weighted by molar-refractivity contribution is 0.223. The molecule has 31 heavy (non-hydrogen) atoms. The molecule has 4 aromatic rings. The Morgan fingerprint density at radius 1 is 1.10 bits per heavy atom. The minimum absolute atomic E-state index is 0.0957. The Balaban J connectivity index is 1.62. The molecule has 0 bridgehead atoms. The molecule has 2 atom stereocenters. The Morgan fingerprint density at radius 2 is 1.94 bits per heavy atom. The molecule has 4 heterocycles. The number of aromatic nitrogens is 3. The minimum Gasteiger partial charge on any atom is -0.480 e. The molecule has 2 aliphatic rings. The number of thioether (sulfide) groups is 1. The van der Waals surface area contributed by atoms with E-state index >= 15 is 0 Å². The van der Waals surface area contributed by atoms with Gasteiger partial charge in [0.15, 0.2) is 0 Å². The smallest absolute Gasteiger partial charge is 0.227 e. The number of benzene rings is 2. The minimum atomic E-state index is -0.243. The molecule has 0 saturated heterocycles. The number of hydrogen-bond donors (Lipinski definition) is 1. The highest BCUT2D eigenvalue weighted by molar-refractivity contribution is 9.10. The predicted molar refractivity (Wildman–Crippen MR) is 129 cm³/mol. The van der Waals surface area contributed by atoms with Crippen LogP contribution in [0.3, 0.4) is 0 Å². The maximum Gasteiger partial charge on any atom is 0.227 e. The molecule has 1 N–H and O–H groups in total. The fourth-order valence-electron chi connectivity index (χ4n) is 4.18. The van der Waals surface area contributed by atoms with E-state index in [2.05, 4.69) is 69.1 Å². The van der Waals surface area contributed by atoms with Crippen LogP contribution < -0.4 is 10.1 Å². The summed E-state index contributed by atoms with van der Waals surface area (Å²) in [5.74, 6) is 1.62. The van der Waals surface area contributed by atoms with Crippen LogP contribution in [0.4, 0.5) is 5.95 Å². The maximum atomic E-state index is 6.63. The van der Waals surface area contributed by atoms with Gasteiger partial charge in [-0.25, -0.2) is 4.68 Å². The van der Waals surface area contributed by atoms with Gasteiger partial charge in [-0.3, -0.25) is 0 Å². The summed E-state index contributed by atoms with van der Waals surface area (Å²) < 4.78 is 9.67. The van der Waals surface area contributed by atoms with E-state index in [0.717, 1.165) is 43.7 Å². The van der Waals surface area contributed by atoms with Gasteiger partial charge in [0, 0.05) is 20.5 Å². The summed E-state index contributed by atoms with van der Waals surface area (Å²) in [6.45, 7) is 0. The Hall–Kier alpha value is -2.55. The second kappa shape index (κ2) is 7.55. The number of thiophene rings is 1. The molecule has 6 rings (SSSR count). The van der Waals surface area contributed by atoms with Gasteiger partial charge in [-0.1, -0.05) is 58.0 Å². The fraction of sp³-hybridized carbons (Fsp3) is 0.130. The van der Waals surface area contributed by atoms with Crippen molar-refractivity contribution in [2.75, 3.05) is 11.6 Å². The zero-order valence-corrected chi connectivity index (χ0v) is 19.7. The maximum absolute atomic E-state index is 6.63. The van der Waals surface area contributed by atoms with Gasteiger partial charge in [-0.2, -0.15) is 4.98 Å². The van der Waals surface area contributed by atoms with Crippen LogP contribution in [0.5, 0.6) is 5.75 Å². The number of hydrogen-bond acceptors (Lipinski definition) is 6. The van der Waals surface area contributed by atoms with Crippen LogP contribution in [0.25, 0.3) is 5.70 Å². The van der Waals surface area contributed by atoms with Crippen molar-refractivity contribution in [3.05, 3.63) is 92.1 Å². The molecule has 0 spiro atoms. The number of rotatable bonds is 3. The number of ether oxygens (including phenoxy) is 1. The second-order valence-electron chi connectivity index (χ2n) is 7.29. The van der Waals surface area contributed by atoms with Crippen LogP contribution in [-0.2, 0) is 0 Å². The highest BCUT2D eigenvalue weighted by Crippen LogP contribution is 2.51. The van der Waals surface area contributed by atoms with Gasteiger partial charge >= 0.3 is 0 Å². The van der Waals surface area contributed by atoms with Crippen molar-refractivity contribution in [2.24, 2.45) is 0 Å². The van der Waals surface area contributed by atoms with Crippen LogP contribution in [0, 0.1) is 0 Å². The quantitative estimate of drug-likeness (QED) is 0.325. The van der Waals surface area contributed by atoms with Crippen LogP contribution >= 0.6 is 39.0 Å². The first-order valence-electron chi connectivity index (χ1n) is 9.79. The highest BCUT2D eigenvalue weighted by Gasteiger charge is 2.41. The van der Waals surface area contributed by atoms with Gasteiger partial charge in [0.25, 0.3) is 0 Å². The van der Waals surface area contributed by atoms with Crippen molar-refractivity contribution in [1.29, 1.82) is 0 Å². The van der Waals surface area contributed by atoms with E-state index < -0.39 is 0 Å². The Morgan fingerprint density at radius 3 is 2.71 bits per heavy atom. The molecule has 5 nitrogen and oxygen atoms in total. The van der Waals surface area contributed by atoms with Crippen molar-refractivity contribution >= 4 is 50.7 Å². The largest absolute Gasteiger partial charge is 0.480 e. The predicted octanol–water partition coefficient (Wildman–Crippen LogP) is 6.38. The first kappa shape index (κ1) is 19.2. The number of fused-ring (bicyclic) bond motifs is 3. The molecule has 8 heteroatoms. The van der Waals surface area contributed by atoms with Crippen LogP contribution in [0.1, 0.15) is 28.1 Å². The topological polar surface area (TPSA) is 52.0 Å². The highest BCUT2D eigenvalue weighted by atomic mass is 79.9. The standard InChI is InChI=1S/C23H17BrN4OS2/c1-30-23-26-22-25-19-15-5-2-3-6-16(15)29-21(13-8-10-14(24)11-9-13)18(19)20(28(22)27-23)17-7-4-12-31-17/h2-12,20-21H,1H3,(H,25,26,27)/t20-,21-/m1/s1. The van der Waals surface area contributed by atoms with Crippen molar-refractivity contribution in [3.63, 3.8) is 0 Å². The van der Waals surface area contributed by atoms with Gasteiger partial charge in [0.2, 0.25) is 11.1 Å². The molecular weight excluding hydrogens is 492 g/mol. The normalized spacial score (nSPS) is 19.2. The zero-order chi connectivity index (χ0) is 20.9. The van der Waals surface area contributed by atoms with Gasteiger partial charge < -0.3 is 10.1 Å². The summed E-state index contributed by atoms with van der Waals surface area (Å²) in [6, 6.07) is 20.7. The second-order valence-corrected chi connectivity index (χ2v) is 9.95. The average molecular weight is 509 g/mol. The van der Waals surface area contributed by atoms with E-state index in [1.165, 1.54) is 4.88 Å². The SMILES string of the molecule is CSc1nc2n(n1)[C@H](c1cccs1)C1=C(N2)c2ccccc2O[C@@H]1c1ccc(Br)cc1. The molecular formula is C23H17BrN4OS2. The molecule has 0 aliphatic carbocycles. The Labute approximate surface area is 196 Å². The Kier molecular flexibility index (Phi) is 4.66. The third kappa shape index (κ3) is 3.12. The van der Waals surface area contributed by atoms with Crippen LogP contribution in [0.15, 0.2) is 81.2 Å². The summed E-state index contributed by atoms with van der Waals surface area (Å²) in [5.41, 5.74) is 4.35. The molecule has 0 fully saturated rings. The molecule has 0 radical (unpaired) electrons. The van der Waals surface area contributed by atoms with Crippen molar-refractivity contribution in [1.82, 2.24) is 14.8 Å². The number of nitrogens with one attached hydrogen (secondary N) is 1. The summed E-state index contributed by atoms with van der Waals surface area (Å²) in [7, 11) is 0. The van der Waals surface area contributed by atoms with E-state index in [0.29, 0.717) is 0 Å². The Bertz CT molecular complexity index is 1300. The van der Waals surface area contributed by atoms with E-state index in [1.54, 1.807) is 23.1 Å². The van der Waals surface area contributed by atoms with E-state index in [4.69, 9.17) is 14.8 Å².